The van der Waals surface area contributed by atoms with Crippen molar-refractivity contribution < 1.29 is 5.11 Å². The summed E-state index contributed by atoms with van der Waals surface area (Å²) in [6.07, 6.45) is 4.70. The maximum absolute atomic E-state index is 8.87. The van der Waals surface area contributed by atoms with Crippen LogP contribution in [0.4, 0.5) is 0 Å². The molecule has 1 aromatic carbocycles. The van der Waals surface area contributed by atoms with E-state index in [1.165, 1.54) is 16.0 Å². The Morgan fingerprint density at radius 2 is 2.31 bits per heavy atom. The minimum atomic E-state index is 0.209. The van der Waals surface area contributed by atoms with Crippen molar-refractivity contribution in [1.82, 2.24) is 4.72 Å². The van der Waals surface area contributed by atoms with E-state index in [4.69, 9.17) is 5.11 Å². The highest BCUT2D eigenvalue weighted by molar-refractivity contribution is 7.97. The quantitative estimate of drug-likeness (QED) is 0.702. The molecule has 68 valence electrons. The third-order valence-electron chi connectivity index (χ3n) is 2.00. The maximum atomic E-state index is 8.87. The second-order valence-corrected chi connectivity index (χ2v) is 3.71. The van der Waals surface area contributed by atoms with Crippen molar-refractivity contribution in [2.75, 3.05) is 6.61 Å². The van der Waals surface area contributed by atoms with E-state index < -0.39 is 0 Å². The van der Waals surface area contributed by atoms with Gasteiger partial charge in [-0.1, -0.05) is 18.2 Å². The lowest BCUT2D eigenvalue weighted by molar-refractivity contribution is 0.299. The Balaban J connectivity index is 2.41. The van der Waals surface area contributed by atoms with Crippen LogP contribution in [0, 0.1) is 0 Å². The van der Waals surface area contributed by atoms with Crippen LogP contribution in [0.2, 0.25) is 0 Å². The Hall–Kier alpha value is -0.930. The van der Waals surface area contributed by atoms with Crippen molar-refractivity contribution in [3.63, 3.8) is 0 Å². The van der Waals surface area contributed by atoms with Crippen molar-refractivity contribution >= 4 is 18.0 Å². The minimum absolute atomic E-state index is 0.209. The second-order valence-electron chi connectivity index (χ2n) is 2.86. The second kappa shape index (κ2) is 3.85. The monoisotopic (exact) mass is 193 g/mol. The zero-order chi connectivity index (χ0) is 9.10. The molecule has 1 aliphatic rings. The Morgan fingerprint density at radius 3 is 3.15 bits per heavy atom. The lowest BCUT2D eigenvalue weighted by Gasteiger charge is -2.14. The number of fused-ring (bicyclic) bond motifs is 1. The predicted molar refractivity (Wildman–Crippen MR) is 55.3 cm³/mol. The highest BCUT2D eigenvalue weighted by Crippen LogP contribution is 2.28. The third-order valence-corrected chi connectivity index (χ3v) is 2.96. The van der Waals surface area contributed by atoms with E-state index in [0.717, 1.165) is 6.42 Å². The van der Waals surface area contributed by atoms with Gasteiger partial charge in [0.05, 0.1) is 0 Å². The fraction of sp³-hybridized carbons (Fsp3) is 0.200. The van der Waals surface area contributed by atoms with Gasteiger partial charge >= 0.3 is 0 Å². The summed E-state index contributed by atoms with van der Waals surface area (Å²) in [4.78, 5) is 1.24. The van der Waals surface area contributed by atoms with E-state index in [-0.39, 0.29) is 6.61 Å². The first-order valence-corrected chi connectivity index (χ1v) is 5.05. The number of aliphatic hydroxyl groups is 1. The summed E-state index contributed by atoms with van der Waals surface area (Å²) >= 11 is 1.61. The first-order chi connectivity index (χ1) is 6.42. The molecule has 0 spiro atoms. The standard InChI is InChI=1S/C10H11NOS/c12-7-5-9-3-1-2-8-4-6-11-13-10(8)9/h1-4,6,11-12H,5,7H2. The van der Waals surface area contributed by atoms with Crippen LogP contribution in [0.1, 0.15) is 11.1 Å². The summed E-state index contributed by atoms with van der Waals surface area (Å²) in [5, 5.41) is 8.87. The van der Waals surface area contributed by atoms with Crippen LogP contribution in [-0.4, -0.2) is 11.7 Å². The zero-order valence-corrected chi connectivity index (χ0v) is 7.97. The molecule has 2 rings (SSSR count). The largest absolute Gasteiger partial charge is 0.396 e. The van der Waals surface area contributed by atoms with Crippen molar-refractivity contribution in [3.8, 4) is 0 Å². The van der Waals surface area contributed by atoms with E-state index in [2.05, 4.69) is 16.9 Å². The van der Waals surface area contributed by atoms with Gasteiger partial charge in [0.2, 0.25) is 0 Å². The molecule has 2 nitrogen and oxygen atoms in total. The Kier molecular flexibility index (Phi) is 2.57. The van der Waals surface area contributed by atoms with Gasteiger partial charge in [-0.05, 0) is 35.6 Å². The van der Waals surface area contributed by atoms with Gasteiger partial charge in [-0.3, -0.25) is 0 Å². The number of rotatable bonds is 2. The average Bonchev–Trinajstić information content (AvgIpc) is 2.19. The molecule has 1 aliphatic heterocycles. The molecule has 3 heteroatoms. The SMILES string of the molecule is OCCc1cccc2c1SNC=C2. The molecule has 0 aliphatic carbocycles. The summed E-state index contributed by atoms with van der Waals surface area (Å²) in [6, 6.07) is 6.17. The maximum Gasteiger partial charge on any atom is 0.0471 e. The summed E-state index contributed by atoms with van der Waals surface area (Å²) in [6.45, 7) is 0.209. The van der Waals surface area contributed by atoms with Crippen LogP contribution in [0.15, 0.2) is 29.3 Å². The molecule has 0 bridgehead atoms. The van der Waals surface area contributed by atoms with Crippen LogP contribution in [0.3, 0.4) is 0 Å². The van der Waals surface area contributed by atoms with Crippen molar-refractivity contribution in [3.05, 3.63) is 35.5 Å². The van der Waals surface area contributed by atoms with Crippen LogP contribution in [0.5, 0.6) is 0 Å². The molecule has 0 fully saturated rings. The van der Waals surface area contributed by atoms with E-state index in [0.29, 0.717) is 0 Å². The number of nitrogens with one attached hydrogen (secondary N) is 1. The van der Waals surface area contributed by atoms with E-state index in [1.54, 1.807) is 11.9 Å². The number of benzene rings is 1. The molecular formula is C10H11NOS. The zero-order valence-electron chi connectivity index (χ0n) is 7.16. The molecular weight excluding hydrogens is 182 g/mol. The number of hydrogen-bond acceptors (Lipinski definition) is 3. The summed E-state index contributed by atoms with van der Waals surface area (Å²) < 4.78 is 3.09. The molecule has 0 atom stereocenters. The molecule has 0 amide bonds. The topological polar surface area (TPSA) is 32.3 Å². The van der Waals surface area contributed by atoms with Crippen LogP contribution >= 0.6 is 11.9 Å². The Labute approximate surface area is 81.8 Å². The smallest absolute Gasteiger partial charge is 0.0471 e. The van der Waals surface area contributed by atoms with E-state index in [9.17, 15) is 0 Å². The van der Waals surface area contributed by atoms with E-state index in [1.807, 2.05) is 18.3 Å². The van der Waals surface area contributed by atoms with Crippen LogP contribution in [0.25, 0.3) is 6.08 Å². The van der Waals surface area contributed by atoms with Crippen LogP contribution in [-0.2, 0) is 6.42 Å². The minimum Gasteiger partial charge on any atom is -0.396 e. The normalized spacial score (nSPS) is 13.6. The molecule has 0 unspecified atom stereocenters. The van der Waals surface area contributed by atoms with Gasteiger partial charge < -0.3 is 9.83 Å². The summed E-state index contributed by atoms with van der Waals surface area (Å²) in [5.74, 6) is 0. The third kappa shape index (κ3) is 1.71. The fourth-order valence-electron chi connectivity index (χ4n) is 1.39. The van der Waals surface area contributed by atoms with E-state index >= 15 is 0 Å². The van der Waals surface area contributed by atoms with Gasteiger partial charge in [0.1, 0.15) is 0 Å². The highest BCUT2D eigenvalue weighted by atomic mass is 32.2. The van der Waals surface area contributed by atoms with Crippen LogP contribution < -0.4 is 4.72 Å². The van der Waals surface area contributed by atoms with Gasteiger partial charge in [0.25, 0.3) is 0 Å². The van der Waals surface area contributed by atoms with Crippen molar-refractivity contribution in [1.29, 1.82) is 0 Å². The molecule has 1 aromatic rings. The lowest BCUT2D eigenvalue weighted by Crippen LogP contribution is -2.02. The van der Waals surface area contributed by atoms with Gasteiger partial charge in [-0.25, -0.2) is 0 Å². The first-order valence-electron chi connectivity index (χ1n) is 4.23. The average molecular weight is 193 g/mol. The predicted octanol–water partition coefficient (Wildman–Crippen LogP) is 1.80. The number of aliphatic hydroxyl groups excluding tert-OH is 1. The molecule has 0 aromatic heterocycles. The molecule has 1 heterocycles. The number of hydrogen-bond donors (Lipinski definition) is 2. The van der Waals surface area contributed by atoms with Crippen molar-refractivity contribution in [2.45, 2.75) is 11.3 Å². The lowest BCUT2D eigenvalue weighted by atomic mass is 10.1. The molecule has 0 radical (unpaired) electrons. The van der Waals surface area contributed by atoms with Crippen molar-refractivity contribution in [2.24, 2.45) is 0 Å². The summed E-state index contributed by atoms with van der Waals surface area (Å²) in [7, 11) is 0. The first kappa shape index (κ1) is 8.66. The molecule has 2 N–H and O–H groups in total. The Morgan fingerprint density at radius 1 is 1.38 bits per heavy atom. The Bertz CT molecular complexity index is 336. The van der Waals surface area contributed by atoms with Gasteiger partial charge in [-0.15, -0.1) is 0 Å². The fourth-order valence-corrected chi connectivity index (χ4v) is 2.20. The molecule has 0 saturated heterocycles. The molecule has 13 heavy (non-hydrogen) atoms. The van der Waals surface area contributed by atoms with Gasteiger partial charge in [-0.2, -0.15) is 0 Å². The van der Waals surface area contributed by atoms with Gasteiger partial charge in [0.15, 0.2) is 0 Å². The molecule has 0 saturated carbocycles. The highest BCUT2D eigenvalue weighted by Gasteiger charge is 2.08. The summed E-state index contributed by atoms with van der Waals surface area (Å²) in [5.41, 5.74) is 2.44. The van der Waals surface area contributed by atoms with Gasteiger partial charge in [0, 0.05) is 17.7 Å².